The second-order valence-corrected chi connectivity index (χ2v) is 9.58. The van der Waals surface area contributed by atoms with Crippen LogP contribution in [0.15, 0.2) is 77.8 Å². The second-order valence-electron chi connectivity index (χ2n) is 7.90. The molecular weight excluding hydrogens is 468 g/mol. The van der Waals surface area contributed by atoms with Crippen LogP contribution in [0.1, 0.15) is 31.1 Å². The lowest BCUT2D eigenvalue weighted by atomic mass is 10.1. The highest BCUT2D eigenvalue weighted by atomic mass is 32.2. The Balaban J connectivity index is 1.91. The normalized spacial score (nSPS) is 12.9. The van der Waals surface area contributed by atoms with E-state index in [2.05, 4.69) is 20.3 Å². The van der Waals surface area contributed by atoms with Gasteiger partial charge in [-0.1, -0.05) is 36.4 Å². The van der Waals surface area contributed by atoms with Gasteiger partial charge in [0.05, 0.1) is 18.8 Å². The van der Waals surface area contributed by atoms with E-state index in [1.54, 1.807) is 25.3 Å². The number of ether oxygens (including phenoxy) is 1. The van der Waals surface area contributed by atoms with Gasteiger partial charge in [0, 0.05) is 18.8 Å². The van der Waals surface area contributed by atoms with Gasteiger partial charge in [-0.15, -0.1) is 0 Å². The molecule has 0 bridgehead atoms. The summed E-state index contributed by atoms with van der Waals surface area (Å²) >= 11 is 0. The van der Waals surface area contributed by atoms with E-state index in [9.17, 15) is 18.0 Å². The molecule has 1 aromatic heterocycles. The molecule has 0 saturated carbocycles. The first kappa shape index (κ1) is 25.9. The monoisotopic (exact) mass is 496 g/mol. The summed E-state index contributed by atoms with van der Waals surface area (Å²) in [5, 5.41) is 5.40. The highest BCUT2D eigenvalue weighted by Gasteiger charge is 2.29. The predicted molar refractivity (Wildman–Crippen MR) is 132 cm³/mol. The van der Waals surface area contributed by atoms with Gasteiger partial charge in [0.2, 0.25) is 21.8 Å². The molecule has 9 nitrogen and oxygen atoms in total. The number of pyridine rings is 1. The summed E-state index contributed by atoms with van der Waals surface area (Å²) in [4.78, 5) is 28.8. The average Bonchev–Trinajstić information content (AvgIpc) is 2.84. The van der Waals surface area contributed by atoms with E-state index in [4.69, 9.17) is 4.74 Å². The highest BCUT2D eigenvalue weighted by molar-refractivity contribution is 7.89. The number of hydrogen-bond acceptors (Lipinski definition) is 6. The molecule has 0 unspecified atom stereocenters. The van der Waals surface area contributed by atoms with Crippen LogP contribution in [0.3, 0.4) is 0 Å². The lowest BCUT2D eigenvalue weighted by Crippen LogP contribution is -2.48. The van der Waals surface area contributed by atoms with E-state index < -0.39 is 28.0 Å². The van der Waals surface area contributed by atoms with Gasteiger partial charge in [0.25, 0.3) is 0 Å². The van der Waals surface area contributed by atoms with Crippen LogP contribution in [0.4, 0.5) is 5.69 Å². The molecule has 0 aliphatic rings. The zero-order valence-electron chi connectivity index (χ0n) is 19.7. The molecule has 0 spiro atoms. The maximum atomic E-state index is 13.4. The van der Waals surface area contributed by atoms with Crippen LogP contribution in [-0.4, -0.2) is 38.4 Å². The fraction of sp³-hybridized carbons (Fsp3) is 0.240. The Labute approximate surface area is 205 Å². The van der Waals surface area contributed by atoms with Crippen molar-refractivity contribution < 1.29 is 22.7 Å². The van der Waals surface area contributed by atoms with Crippen molar-refractivity contribution >= 4 is 27.5 Å². The van der Waals surface area contributed by atoms with Crippen molar-refractivity contribution in [2.24, 2.45) is 0 Å². The number of hydrogen-bond donors (Lipinski definition) is 3. The molecule has 3 aromatic rings. The number of anilines is 1. The van der Waals surface area contributed by atoms with E-state index in [1.165, 1.54) is 32.2 Å². The topological polar surface area (TPSA) is 126 Å². The van der Waals surface area contributed by atoms with E-state index in [0.29, 0.717) is 5.69 Å². The molecule has 184 valence electrons. The van der Waals surface area contributed by atoms with Crippen LogP contribution in [0.5, 0.6) is 5.75 Å². The SMILES string of the molecule is COc1ccc(NC(C)=O)cc1S(=O)(=O)N[C@@H](Cc1ccccc1)C(=O)N[C@@H](C)c1ccccn1. The number of methoxy groups -OCH3 is 1. The number of carbonyl (C=O) groups excluding carboxylic acids is 2. The maximum Gasteiger partial charge on any atom is 0.245 e. The highest BCUT2D eigenvalue weighted by Crippen LogP contribution is 2.27. The van der Waals surface area contributed by atoms with Crippen LogP contribution >= 0.6 is 0 Å². The summed E-state index contributed by atoms with van der Waals surface area (Å²) < 4.78 is 34.6. The Morgan fingerprint density at radius 3 is 2.37 bits per heavy atom. The van der Waals surface area contributed by atoms with Gasteiger partial charge in [0.15, 0.2) is 0 Å². The Hall–Kier alpha value is -3.76. The molecule has 1 heterocycles. The lowest BCUT2D eigenvalue weighted by molar-refractivity contribution is -0.123. The summed E-state index contributed by atoms with van der Waals surface area (Å²) in [7, 11) is -2.89. The van der Waals surface area contributed by atoms with Crippen molar-refractivity contribution in [3.8, 4) is 5.75 Å². The standard InChI is InChI=1S/C25H28N4O5S/c1-17(21-11-7-8-14-26-21)27-25(31)22(15-19-9-5-4-6-10-19)29-35(32,33)24-16-20(28-18(2)30)12-13-23(24)34-3/h4-14,16-17,22,29H,15H2,1-3H3,(H,27,31)(H,28,30)/t17-,22-/m0/s1. The minimum absolute atomic E-state index is 0.0762. The van der Waals surface area contributed by atoms with Gasteiger partial charge in [-0.25, -0.2) is 8.42 Å². The lowest BCUT2D eigenvalue weighted by Gasteiger charge is -2.22. The molecule has 2 aromatic carbocycles. The fourth-order valence-corrected chi connectivity index (χ4v) is 4.87. The molecule has 0 radical (unpaired) electrons. The van der Waals surface area contributed by atoms with Crippen molar-refractivity contribution in [1.82, 2.24) is 15.0 Å². The number of aromatic nitrogens is 1. The number of nitrogens with one attached hydrogen (secondary N) is 3. The van der Waals surface area contributed by atoms with E-state index in [1.807, 2.05) is 36.4 Å². The molecule has 0 fully saturated rings. The molecule has 3 N–H and O–H groups in total. The number of sulfonamides is 1. The third kappa shape index (κ3) is 7.11. The predicted octanol–water partition coefficient (Wildman–Crippen LogP) is 2.82. The van der Waals surface area contributed by atoms with Crippen molar-refractivity contribution in [3.63, 3.8) is 0 Å². The third-order valence-electron chi connectivity index (χ3n) is 5.16. The fourth-order valence-electron chi connectivity index (χ4n) is 3.48. The molecule has 2 amide bonds. The molecule has 2 atom stereocenters. The van der Waals surface area contributed by atoms with Crippen molar-refractivity contribution in [3.05, 3.63) is 84.2 Å². The average molecular weight is 497 g/mol. The molecule has 0 aliphatic carbocycles. The third-order valence-corrected chi connectivity index (χ3v) is 6.65. The summed E-state index contributed by atoms with van der Waals surface area (Å²) in [6, 6.07) is 17.1. The van der Waals surface area contributed by atoms with Crippen LogP contribution in [0.25, 0.3) is 0 Å². The molecule has 0 aliphatic heterocycles. The van der Waals surface area contributed by atoms with Crippen LogP contribution in [0.2, 0.25) is 0 Å². The number of nitrogens with zero attached hydrogens (tertiary/aromatic N) is 1. The first-order valence-electron chi connectivity index (χ1n) is 10.9. The smallest absolute Gasteiger partial charge is 0.245 e. The Kier molecular flexibility index (Phi) is 8.56. The second kappa shape index (κ2) is 11.6. The molecule has 0 saturated heterocycles. The first-order chi connectivity index (χ1) is 16.7. The van der Waals surface area contributed by atoms with Gasteiger partial charge < -0.3 is 15.4 Å². The summed E-state index contributed by atoms with van der Waals surface area (Å²) in [6.07, 6.45) is 1.74. The van der Waals surface area contributed by atoms with Crippen molar-refractivity contribution in [2.45, 2.75) is 37.2 Å². The zero-order valence-corrected chi connectivity index (χ0v) is 20.5. The van der Waals surface area contributed by atoms with Crippen LogP contribution < -0.4 is 20.1 Å². The van der Waals surface area contributed by atoms with E-state index >= 15 is 0 Å². The maximum absolute atomic E-state index is 13.4. The van der Waals surface area contributed by atoms with Crippen LogP contribution in [0, 0.1) is 0 Å². The van der Waals surface area contributed by atoms with Gasteiger partial charge in [-0.2, -0.15) is 4.72 Å². The van der Waals surface area contributed by atoms with Gasteiger partial charge >= 0.3 is 0 Å². The quantitative estimate of drug-likeness (QED) is 0.396. The number of carbonyl (C=O) groups is 2. The van der Waals surface area contributed by atoms with Crippen LogP contribution in [-0.2, 0) is 26.0 Å². The summed E-state index contributed by atoms with van der Waals surface area (Å²) in [5.41, 5.74) is 1.71. The molecule has 3 rings (SSSR count). The van der Waals surface area contributed by atoms with E-state index in [0.717, 1.165) is 5.56 Å². The van der Waals surface area contributed by atoms with Gasteiger partial charge in [-0.3, -0.25) is 14.6 Å². The minimum atomic E-state index is -4.23. The first-order valence-corrected chi connectivity index (χ1v) is 12.4. The summed E-state index contributed by atoms with van der Waals surface area (Å²) in [6.45, 7) is 3.09. The Bertz CT molecular complexity index is 1270. The molecular formula is C25H28N4O5S. The Morgan fingerprint density at radius 1 is 1.03 bits per heavy atom. The number of benzene rings is 2. The largest absolute Gasteiger partial charge is 0.495 e. The number of amides is 2. The molecule has 10 heteroatoms. The number of rotatable bonds is 10. The summed E-state index contributed by atoms with van der Waals surface area (Å²) in [5.74, 6) is -0.781. The zero-order chi connectivity index (χ0) is 25.4. The van der Waals surface area contributed by atoms with Gasteiger partial charge in [-0.05, 0) is 49.2 Å². The van der Waals surface area contributed by atoms with Gasteiger partial charge in [0.1, 0.15) is 16.7 Å². The van der Waals surface area contributed by atoms with Crippen molar-refractivity contribution in [1.29, 1.82) is 0 Å². The van der Waals surface area contributed by atoms with Crippen molar-refractivity contribution in [2.75, 3.05) is 12.4 Å². The Morgan fingerprint density at radius 2 is 1.74 bits per heavy atom. The minimum Gasteiger partial charge on any atom is -0.495 e. The molecule has 35 heavy (non-hydrogen) atoms. The van der Waals surface area contributed by atoms with E-state index in [-0.39, 0.29) is 28.7 Å².